The van der Waals surface area contributed by atoms with Crippen LogP contribution in [0.3, 0.4) is 0 Å². The molecule has 5 rings (SSSR count). The third-order valence-corrected chi connectivity index (χ3v) is 9.32. The monoisotopic (exact) mass is 628 g/mol. The molecule has 0 spiro atoms. The number of halogens is 5. The number of likely N-dealkylation sites (tertiary alicyclic amines) is 1. The summed E-state index contributed by atoms with van der Waals surface area (Å²) < 4.78 is 94.8. The van der Waals surface area contributed by atoms with E-state index in [-0.39, 0.29) is 28.7 Å². The molecule has 1 saturated heterocycles. The molecule has 226 valence electrons. The van der Waals surface area contributed by atoms with E-state index in [2.05, 4.69) is 32.1 Å². The highest BCUT2D eigenvalue weighted by Crippen LogP contribution is 2.40. The lowest BCUT2D eigenvalue weighted by Gasteiger charge is -2.33. The number of nitrogens with one attached hydrogen (secondary N) is 2. The van der Waals surface area contributed by atoms with Crippen molar-refractivity contribution in [1.29, 1.82) is 0 Å². The summed E-state index contributed by atoms with van der Waals surface area (Å²) in [7, 11) is -4.17. The van der Waals surface area contributed by atoms with Crippen LogP contribution in [0.4, 0.5) is 33.3 Å². The number of piperidine rings is 1. The van der Waals surface area contributed by atoms with Gasteiger partial charge in [-0.05, 0) is 54.8 Å². The van der Waals surface area contributed by atoms with Crippen molar-refractivity contribution in [3.63, 3.8) is 0 Å². The summed E-state index contributed by atoms with van der Waals surface area (Å²) in [6.07, 6.45) is -1.17. The zero-order chi connectivity index (χ0) is 30.1. The number of sulfonamides is 1. The Kier molecular flexibility index (Phi) is 8.84. The highest BCUT2D eigenvalue weighted by molar-refractivity contribution is 7.89. The van der Waals surface area contributed by atoms with Gasteiger partial charge in [0.15, 0.2) is 5.75 Å². The van der Waals surface area contributed by atoms with E-state index in [9.17, 15) is 30.4 Å². The zero-order valence-electron chi connectivity index (χ0n) is 22.3. The van der Waals surface area contributed by atoms with Crippen LogP contribution < -0.4 is 20.5 Å². The Morgan fingerprint density at radius 2 is 1.83 bits per heavy atom. The van der Waals surface area contributed by atoms with E-state index in [0.717, 1.165) is 43.8 Å². The third kappa shape index (κ3) is 7.63. The van der Waals surface area contributed by atoms with Crippen molar-refractivity contribution in [2.24, 2.45) is 5.14 Å². The van der Waals surface area contributed by atoms with E-state index in [4.69, 9.17) is 5.14 Å². The van der Waals surface area contributed by atoms with Crippen molar-refractivity contribution in [2.75, 3.05) is 30.3 Å². The van der Waals surface area contributed by atoms with Gasteiger partial charge in [-0.1, -0.05) is 24.0 Å². The molecule has 1 aliphatic carbocycles. The lowest BCUT2D eigenvalue weighted by atomic mass is 10.0. The van der Waals surface area contributed by atoms with E-state index in [1.165, 1.54) is 30.2 Å². The molecular formula is C28H29F5N4O3S2. The number of fused-ring (bicyclic) bond motifs is 1. The van der Waals surface area contributed by atoms with Crippen molar-refractivity contribution in [3.05, 3.63) is 46.8 Å². The number of benzene rings is 2. The maximum absolute atomic E-state index is 13.6. The highest BCUT2D eigenvalue weighted by atomic mass is 32.2. The molecule has 1 aromatic heterocycles. The molecule has 42 heavy (non-hydrogen) atoms. The molecule has 0 unspecified atom stereocenters. The summed E-state index contributed by atoms with van der Waals surface area (Å²) in [6, 6.07) is 9.37. The van der Waals surface area contributed by atoms with Gasteiger partial charge in [-0.25, -0.2) is 13.6 Å². The normalized spacial score (nSPS) is 16.8. The lowest BCUT2D eigenvalue weighted by molar-refractivity contribution is -0.126. The van der Waals surface area contributed by atoms with Gasteiger partial charge in [-0.2, -0.15) is 22.0 Å². The summed E-state index contributed by atoms with van der Waals surface area (Å²) >= 11 is 1.18. The van der Waals surface area contributed by atoms with Gasteiger partial charge in [0, 0.05) is 31.2 Å². The highest BCUT2D eigenvalue weighted by Gasteiger charge is 2.33. The molecule has 4 N–H and O–H groups in total. The molecule has 2 aliphatic rings. The van der Waals surface area contributed by atoms with Crippen LogP contribution in [0.15, 0.2) is 41.3 Å². The minimum Gasteiger partial charge on any atom is -0.433 e. The molecule has 7 nitrogen and oxygen atoms in total. The molecule has 0 bridgehead atoms. The van der Waals surface area contributed by atoms with Crippen molar-refractivity contribution in [1.82, 2.24) is 4.90 Å². The maximum atomic E-state index is 13.6. The largest absolute Gasteiger partial charge is 0.433 e. The first kappa shape index (κ1) is 30.3. The van der Waals surface area contributed by atoms with Gasteiger partial charge in [-0.3, -0.25) is 0 Å². The lowest BCUT2D eigenvalue weighted by Crippen LogP contribution is -2.40. The Hall–Kier alpha value is -3.12. The Balaban J connectivity index is 1.37. The molecule has 0 atom stereocenters. The number of hydrogen-bond acceptors (Lipinski definition) is 7. The predicted octanol–water partition coefficient (Wildman–Crippen LogP) is 5.76. The molecule has 2 aromatic carbocycles. The van der Waals surface area contributed by atoms with E-state index in [0.29, 0.717) is 16.1 Å². The molecule has 14 heteroatoms. The smallest absolute Gasteiger partial charge is 0.393 e. The number of nitrogens with zero attached hydrogens (tertiary/aromatic N) is 1. The Morgan fingerprint density at radius 1 is 1.10 bits per heavy atom. The van der Waals surface area contributed by atoms with E-state index in [1.54, 1.807) is 12.1 Å². The topological polar surface area (TPSA) is 96.7 Å². The van der Waals surface area contributed by atoms with Gasteiger partial charge in [0.2, 0.25) is 10.0 Å². The van der Waals surface area contributed by atoms with Gasteiger partial charge in [0.25, 0.3) is 0 Å². The first-order valence-electron chi connectivity index (χ1n) is 13.3. The summed E-state index contributed by atoms with van der Waals surface area (Å²) in [4.78, 5) is 2.34. The average molecular weight is 629 g/mol. The van der Waals surface area contributed by atoms with Crippen LogP contribution in [0.5, 0.6) is 5.75 Å². The van der Waals surface area contributed by atoms with Crippen molar-refractivity contribution in [2.45, 2.75) is 61.9 Å². The molecular weight excluding hydrogens is 599 g/mol. The van der Waals surface area contributed by atoms with Gasteiger partial charge in [-0.15, -0.1) is 11.3 Å². The van der Waals surface area contributed by atoms with Gasteiger partial charge in [0.1, 0.15) is 0 Å². The maximum Gasteiger partial charge on any atom is 0.393 e. The van der Waals surface area contributed by atoms with Crippen molar-refractivity contribution >= 4 is 42.8 Å². The quantitative estimate of drug-likeness (QED) is 0.206. The second-order valence-corrected chi connectivity index (χ2v) is 12.9. The van der Waals surface area contributed by atoms with Crippen LogP contribution in [0.25, 0.3) is 10.1 Å². The molecule has 0 radical (unpaired) electrons. The summed E-state index contributed by atoms with van der Waals surface area (Å²) in [5, 5.41) is 11.8. The minimum absolute atomic E-state index is 0.0167. The Bertz CT molecular complexity index is 1600. The zero-order valence-corrected chi connectivity index (χ0v) is 23.9. The Morgan fingerprint density at radius 3 is 2.48 bits per heavy atom. The second-order valence-electron chi connectivity index (χ2n) is 10.3. The van der Waals surface area contributed by atoms with Crippen LogP contribution in [0, 0.1) is 11.8 Å². The fourth-order valence-electron chi connectivity index (χ4n) is 5.11. The molecule has 3 aromatic rings. The minimum atomic E-state index is -4.45. The number of rotatable bonds is 9. The van der Waals surface area contributed by atoms with Crippen LogP contribution in [-0.4, -0.2) is 57.8 Å². The molecule has 1 aliphatic heterocycles. The van der Waals surface area contributed by atoms with Crippen molar-refractivity contribution < 1.29 is 35.1 Å². The summed E-state index contributed by atoms with van der Waals surface area (Å²) in [5.74, 6) is 5.11. The second kappa shape index (κ2) is 12.2. The summed E-state index contributed by atoms with van der Waals surface area (Å²) in [5.41, 5.74) is 0.880. The number of thiophene rings is 1. The van der Waals surface area contributed by atoms with E-state index >= 15 is 0 Å². The number of ether oxygens (including phenoxy) is 1. The molecule has 0 amide bonds. The molecule has 2 heterocycles. The first-order chi connectivity index (χ1) is 19.9. The van der Waals surface area contributed by atoms with Crippen LogP contribution in [0.2, 0.25) is 0 Å². The molecule has 2 fully saturated rings. The van der Waals surface area contributed by atoms with E-state index in [1.807, 2.05) is 6.07 Å². The average Bonchev–Trinajstić information content (AvgIpc) is 3.70. The van der Waals surface area contributed by atoms with Gasteiger partial charge >= 0.3 is 12.8 Å². The van der Waals surface area contributed by atoms with Crippen LogP contribution in [0.1, 0.15) is 36.1 Å². The fourth-order valence-corrected chi connectivity index (χ4v) is 6.81. The number of nitrogens with two attached hydrogens (primary N) is 1. The number of hydrogen-bond donors (Lipinski definition) is 3. The van der Waals surface area contributed by atoms with Gasteiger partial charge in [0.05, 0.1) is 38.8 Å². The standard InChI is InChI=1S/C28H29F5N4O3S2/c29-27(30)40-24-15-19(42(34,38)39)8-9-22(24)35-12-2-5-25-21(16-28(31,32)33)20-3-1-4-23(26(20)41-25)36-17-10-13-37(14-11-17)18-6-7-18/h1,3-4,8-9,15,17-18,27,35-36H,6-7,10-14,16H2,(H2,34,38,39). The number of alkyl halides is 5. The Labute approximate surface area is 244 Å². The van der Waals surface area contributed by atoms with E-state index < -0.39 is 39.9 Å². The SMILES string of the molecule is NS(=O)(=O)c1ccc(NCC#Cc2sc3c(NC4CCN(C5CC5)CC4)cccc3c2CC(F)(F)F)c(OC(F)F)c1. The fraction of sp³-hybridized carbons (Fsp3) is 0.429. The summed E-state index contributed by atoms with van der Waals surface area (Å²) in [6.45, 7) is -1.37. The van der Waals surface area contributed by atoms with Crippen LogP contribution in [-0.2, 0) is 16.4 Å². The predicted molar refractivity (Wildman–Crippen MR) is 153 cm³/mol. The number of anilines is 2. The van der Waals surface area contributed by atoms with Crippen LogP contribution >= 0.6 is 11.3 Å². The van der Waals surface area contributed by atoms with Crippen molar-refractivity contribution in [3.8, 4) is 17.6 Å². The first-order valence-corrected chi connectivity index (χ1v) is 15.7. The third-order valence-electron chi connectivity index (χ3n) is 7.21. The molecule has 1 saturated carbocycles. The number of primary sulfonamides is 1. The van der Waals surface area contributed by atoms with Gasteiger partial charge < -0.3 is 20.3 Å².